The molecule has 1 aromatic heterocycles. The van der Waals surface area contributed by atoms with Crippen LogP contribution in [0.5, 0.6) is 0 Å². The average molecular weight is 600 g/mol. The van der Waals surface area contributed by atoms with E-state index < -0.39 is 11.6 Å². The molecular weight excluding hydrogens is 562 g/mol. The molecule has 0 saturated heterocycles. The van der Waals surface area contributed by atoms with Gasteiger partial charge in [-0.25, -0.2) is 4.98 Å². The van der Waals surface area contributed by atoms with Crippen LogP contribution in [0.4, 0.5) is 0 Å². The molecule has 0 spiro atoms. The number of aromatic nitrogens is 1. The summed E-state index contributed by atoms with van der Waals surface area (Å²) in [5.74, 6) is 0.124. The average Bonchev–Trinajstić information content (AvgIpc) is 3.74. The Balaban J connectivity index is 1.38. The van der Waals surface area contributed by atoms with E-state index in [0.717, 1.165) is 59.2 Å². The zero-order valence-corrected chi connectivity index (χ0v) is 25.8. The summed E-state index contributed by atoms with van der Waals surface area (Å²) in [6.45, 7) is 3.89. The van der Waals surface area contributed by atoms with E-state index in [4.69, 9.17) is 16.6 Å². The molecule has 3 aromatic carbocycles. The zero-order chi connectivity index (χ0) is 29.7. The van der Waals surface area contributed by atoms with Gasteiger partial charge in [-0.2, -0.15) is 11.8 Å². The predicted molar refractivity (Wildman–Crippen MR) is 176 cm³/mol. The Morgan fingerprint density at radius 3 is 2.62 bits per heavy atom. The lowest BCUT2D eigenvalue weighted by molar-refractivity contribution is -0.138. The van der Waals surface area contributed by atoms with Gasteiger partial charge in [-0.05, 0) is 91.0 Å². The monoisotopic (exact) mass is 599 g/mol. The van der Waals surface area contributed by atoms with Crippen molar-refractivity contribution in [3.05, 3.63) is 112 Å². The molecule has 1 heterocycles. The van der Waals surface area contributed by atoms with Crippen molar-refractivity contribution in [2.24, 2.45) is 5.41 Å². The number of thioether (sulfide) groups is 1. The maximum atomic E-state index is 11.5. The fraction of sp³-hybridized carbons (Fsp3) is 0.333. The summed E-state index contributed by atoms with van der Waals surface area (Å²) in [6.07, 6.45) is 8.68. The van der Waals surface area contributed by atoms with E-state index in [9.17, 15) is 15.0 Å². The third-order valence-electron chi connectivity index (χ3n) is 8.44. The van der Waals surface area contributed by atoms with Crippen molar-refractivity contribution in [1.29, 1.82) is 0 Å². The van der Waals surface area contributed by atoms with E-state index in [2.05, 4.69) is 42.5 Å². The van der Waals surface area contributed by atoms with Crippen LogP contribution in [-0.4, -0.2) is 26.9 Å². The highest BCUT2D eigenvalue weighted by molar-refractivity contribution is 7.99. The van der Waals surface area contributed by atoms with E-state index in [1.807, 2.05) is 74.1 Å². The lowest BCUT2D eigenvalue weighted by Gasteiger charge is -2.26. The van der Waals surface area contributed by atoms with Crippen molar-refractivity contribution >= 4 is 52.4 Å². The molecule has 5 rings (SSSR count). The van der Waals surface area contributed by atoms with Crippen LogP contribution in [0.1, 0.15) is 79.1 Å². The summed E-state index contributed by atoms with van der Waals surface area (Å²) in [5.41, 5.74) is 5.25. The SMILES string of the molecule is CCC(C)(O)c1ccccc1CC[C@@H](SCC1(CC(=O)O)CC1)c1cccc(/C=C/c2ccc3ccc(Cl)cc3n2)c1. The van der Waals surface area contributed by atoms with Gasteiger partial charge in [0.1, 0.15) is 0 Å². The second kappa shape index (κ2) is 13.0. The van der Waals surface area contributed by atoms with E-state index in [1.165, 1.54) is 11.1 Å². The zero-order valence-electron chi connectivity index (χ0n) is 24.2. The number of nitrogens with zero attached hydrogens (tertiary/aromatic N) is 1. The molecule has 1 aliphatic rings. The Labute approximate surface area is 257 Å². The largest absolute Gasteiger partial charge is 0.481 e. The van der Waals surface area contributed by atoms with Crippen molar-refractivity contribution in [3.63, 3.8) is 0 Å². The Bertz CT molecular complexity index is 1590. The van der Waals surface area contributed by atoms with E-state index in [1.54, 1.807) is 0 Å². The van der Waals surface area contributed by atoms with Gasteiger partial charge in [-0.1, -0.05) is 85.3 Å². The highest BCUT2D eigenvalue weighted by Gasteiger charge is 2.44. The molecule has 0 amide bonds. The molecule has 1 fully saturated rings. The topological polar surface area (TPSA) is 70.4 Å². The lowest BCUT2D eigenvalue weighted by atomic mass is 9.87. The van der Waals surface area contributed by atoms with Gasteiger partial charge in [0.05, 0.1) is 23.2 Å². The molecule has 0 radical (unpaired) electrons. The number of fused-ring (bicyclic) bond motifs is 1. The number of carboxylic acid groups (broad SMARTS) is 1. The van der Waals surface area contributed by atoms with E-state index in [-0.39, 0.29) is 17.1 Å². The number of pyridine rings is 1. The van der Waals surface area contributed by atoms with Gasteiger partial charge in [0.15, 0.2) is 0 Å². The number of rotatable bonds is 13. The molecule has 2 N–H and O–H groups in total. The molecular formula is C36H38ClNO3S. The summed E-state index contributed by atoms with van der Waals surface area (Å²) in [5, 5.41) is 22.4. The fourth-order valence-electron chi connectivity index (χ4n) is 5.48. The molecule has 2 atom stereocenters. The Hall–Kier alpha value is -3.12. The van der Waals surface area contributed by atoms with Gasteiger partial charge < -0.3 is 10.2 Å². The summed E-state index contributed by atoms with van der Waals surface area (Å²) in [6, 6.07) is 26.6. The minimum Gasteiger partial charge on any atom is -0.481 e. The number of carbonyl (C=O) groups is 1. The minimum absolute atomic E-state index is 0.0826. The Morgan fingerprint density at radius 2 is 1.86 bits per heavy atom. The second-order valence-corrected chi connectivity index (χ2v) is 13.4. The van der Waals surface area contributed by atoms with Crippen molar-refractivity contribution < 1.29 is 15.0 Å². The van der Waals surface area contributed by atoms with Gasteiger partial charge in [-0.15, -0.1) is 0 Å². The molecule has 42 heavy (non-hydrogen) atoms. The van der Waals surface area contributed by atoms with Crippen LogP contribution in [0.25, 0.3) is 23.1 Å². The molecule has 1 aliphatic carbocycles. The highest BCUT2D eigenvalue weighted by atomic mass is 35.5. The molecule has 0 bridgehead atoms. The lowest BCUT2D eigenvalue weighted by Crippen LogP contribution is -2.21. The normalized spacial score (nSPS) is 16.4. The first-order valence-corrected chi connectivity index (χ1v) is 16.1. The Morgan fingerprint density at radius 1 is 1.07 bits per heavy atom. The van der Waals surface area contributed by atoms with Crippen LogP contribution < -0.4 is 0 Å². The van der Waals surface area contributed by atoms with E-state index >= 15 is 0 Å². The molecule has 1 saturated carbocycles. The van der Waals surface area contributed by atoms with Gasteiger partial charge in [0.25, 0.3) is 0 Å². The first-order chi connectivity index (χ1) is 20.2. The van der Waals surface area contributed by atoms with Gasteiger partial charge in [-0.3, -0.25) is 4.79 Å². The van der Waals surface area contributed by atoms with Crippen molar-refractivity contribution in [3.8, 4) is 0 Å². The smallest absolute Gasteiger partial charge is 0.303 e. The van der Waals surface area contributed by atoms with Crippen LogP contribution in [0, 0.1) is 5.41 Å². The van der Waals surface area contributed by atoms with Crippen LogP contribution in [0.3, 0.4) is 0 Å². The molecule has 218 valence electrons. The minimum atomic E-state index is -0.869. The Kier molecular flexibility index (Phi) is 9.41. The van der Waals surface area contributed by atoms with Crippen molar-refractivity contribution in [2.45, 2.75) is 63.2 Å². The maximum absolute atomic E-state index is 11.5. The number of hydrogen-bond acceptors (Lipinski definition) is 4. The number of carboxylic acids is 1. The van der Waals surface area contributed by atoms with Crippen LogP contribution in [0.15, 0.2) is 78.9 Å². The van der Waals surface area contributed by atoms with E-state index in [0.29, 0.717) is 11.4 Å². The van der Waals surface area contributed by atoms with Gasteiger partial charge in [0, 0.05) is 21.4 Å². The highest BCUT2D eigenvalue weighted by Crippen LogP contribution is 2.53. The second-order valence-electron chi connectivity index (χ2n) is 11.8. The molecule has 1 unspecified atom stereocenters. The van der Waals surface area contributed by atoms with Crippen LogP contribution in [-0.2, 0) is 16.8 Å². The predicted octanol–water partition coefficient (Wildman–Crippen LogP) is 9.34. The maximum Gasteiger partial charge on any atom is 0.303 e. The molecule has 4 nitrogen and oxygen atoms in total. The third kappa shape index (κ3) is 7.63. The summed E-state index contributed by atoms with van der Waals surface area (Å²) in [7, 11) is 0. The molecule has 4 aromatic rings. The number of hydrogen-bond donors (Lipinski definition) is 2. The number of aliphatic hydroxyl groups is 1. The standard InChI is InChI=1S/C36H38ClNO3S/c1-3-35(2,41)31-10-5-4-8-26(31)14-18-33(42-24-36(19-20-36)23-34(39)40)28-9-6-7-25(21-28)11-16-30-17-13-27-12-15-29(37)22-32(27)38-30/h4-13,15-17,21-22,33,41H,3,14,18-20,23-24H2,1-2H3,(H,39,40)/b16-11+/t33-,35?/m1/s1. The number of aliphatic carboxylic acids is 1. The first kappa shape index (κ1) is 30.3. The van der Waals surface area contributed by atoms with Crippen LogP contribution >= 0.6 is 23.4 Å². The quantitative estimate of drug-likeness (QED) is 0.160. The number of benzene rings is 3. The van der Waals surface area contributed by atoms with Crippen LogP contribution in [0.2, 0.25) is 5.02 Å². The third-order valence-corrected chi connectivity index (χ3v) is 10.4. The van der Waals surface area contributed by atoms with Crippen molar-refractivity contribution in [2.75, 3.05) is 5.75 Å². The van der Waals surface area contributed by atoms with Gasteiger partial charge >= 0.3 is 5.97 Å². The summed E-state index contributed by atoms with van der Waals surface area (Å²) in [4.78, 5) is 16.3. The number of aryl methyl sites for hydroxylation is 1. The fourth-order valence-corrected chi connectivity index (χ4v) is 7.21. The molecule has 6 heteroatoms. The number of halogens is 1. The summed E-state index contributed by atoms with van der Waals surface area (Å²) >= 11 is 8.05. The van der Waals surface area contributed by atoms with Crippen molar-refractivity contribution in [1.82, 2.24) is 4.98 Å². The van der Waals surface area contributed by atoms with Gasteiger partial charge in [0.2, 0.25) is 0 Å². The molecule has 0 aliphatic heterocycles. The first-order valence-electron chi connectivity index (χ1n) is 14.6. The summed E-state index contributed by atoms with van der Waals surface area (Å²) < 4.78 is 0.